The average molecular weight is 210 g/mol. The zero-order valence-electron chi connectivity index (χ0n) is 8.20. The van der Waals surface area contributed by atoms with Crippen LogP contribution < -0.4 is 5.73 Å². The molecule has 1 aliphatic rings. The summed E-state index contributed by atoms with van der Waals surface area (Å²) in [5, 5.41) is 0. The van der Waals surface area contributed by atoms with E-state index < -0.39 is 0 Å². The van der Waals surface area contributed by atoms with Crippen LogP contribution in [0.5, 0.6) is 0 Å². The van der Waals surface area contributed by atoms with Gasteiger partial charge in [0.25, 0.3) is 0 Å². The van der Waals surface area contributed by atoms with Crippen molar-refractivity contribution < 1.29 is 9.47 Å². The fraction of sp³-hybridized carbons (Fsp3) is 1.00. The normalized spacial score (nSPS) is 28.2. The molecule has 0 spiro atoms. The maximum atomic E-state index is 5.77. The van der Waals surface area contributed by atoms with Crippen LogP contribution in [0, 0.1) is 0 Å². The van der Waals surface area contributed by atoms with Crippen molar-refractivity contribution in [3.05, 3.63) is 0 Å². The molecule has 80 valence electrons. The quantitative estimate of drug-likeness (QED) is 0.711. The topological polar surface area (TPSA) is 44.5 Å². The van der Waals surface area contributed by atoms with E-state index in [0.29, 0.717) is 18.8 Å². The summed E-state index contributed by atoms with van der Waals surface area (Å²) >= 11 is 0. The molecule has 0 aromatic carbocycles. The summed E-state index contributed by atoms with van der Waals surface area (Å²) in [6.07, 6.45) is 4.88. The highest BCUT2D eigenvalue weighted by Gasteiger charge is 2.18. The maximum Gasteiger partial charge on any atom is 0.0704 e. The third kappa shape index (κ3) is 5.47. The molecular weight excluding hydrogens is 190 g/mol. The highest BCUT2D eigenvalue weighted by Crippen LogP contribution is 2.19. The molecule has 0 saturated heterocycles. The van der Waals surface area contributed by atoms with E-state index in [-0.39, 0.29) is 12.4 Å². The first-order valence-corrected chi connectivity index (χ1v) is 4.69. The van der Waals surface area contributed by atoms with E-state index in [1.54, 1.807) is 7.11 Å². The Morgan fingerprint density at radius 2 is 1.77 bits per heavy atom. The van der Waals surface area contributed by atoms with Gasteiger partial charge in [0, 0.05) is 13.2 Å². The maximum absolute atomic E-state index is 5.77. The highest BCUT2D eigenvalue weighted by atomic mass is 35.5. The molecule has 1 fully saturated rings. The Morgan fingerprint density at radius 1 is 1.15 bits per heavy atom. The molecule has 3 nitrogen and oxygen atoms in total. The summed E-state index contributed by atoms with van der Waals surface area (Å²) in [6.45, 7) is 1.42. The Morgan fingerprint density at radius 3 is 2.31 bits per heavy atom. The average Bonchev–Trinajstić information content (AvgIpc) is 2.09. The first-order valence-electron chi connectivity index (χ1n) is 4.69. The van der Waals surface area contributed by atoms with Crippen molar-refractivity contribution in [3.8, 4) is 0 Å². The molecule has 1 saturated carbocycles. The van der Waals surface area contributed by atoms with Gasteiger partial charge in [0.2, 0.25) is 0 Å². The molecule has 0 aliphatic heterocycles. The smallest absolute Gasteiger partial charge is 0.0704 e. The van der Waals surface area contributed by atoms with Gasteiger partial charge in [-0.25, -0.2) is 0 Å². The lowest BCUT2D eigenvalue weighted by Crippen LogP contribution is -2.30. The molecule has 13 heavy (non-hydrogen) atoms. The second-order valence-corrected chi connectivity index (χ2v) is 3.40. The van der Waals surface area contributed by atoms with Gasteiger partial charge in [-0.15, -0.1) is 12.4 Å². The second-order valence-electron chi connectivity index (χ2n) is 3.40. The molecule has 0 heterocycles. The van der Waals surface area contributed by atoms with Crippen LogP contribution >= 0.6 is 12.4 Å². The fourth-order valence-electron chi connectivity index (χ4n) is 1.55. The van der Waals surface area contributed by atoms with Crippen LogP contribution in [0.15, 0.2) is 0 Å². The molecule has 1 rings (SSSR count). The number of rotatable bonds is 4. The molecule has 1 aliphatic carbocycles. The van der Waals surface area contributed by atoms with Crippen molar-refractivity contribution in [3.63, 3.8) is 0 Å². The summed E-state index contributed by atoms with van der Waals surface area (Å²) in [4.78, 5) is 0. The molecule has 0 atom stereocenters. The minimum atomic E-state index is 0. The third-order valence-corrected chi connectivity index (χ3v) is 2.36. The lowest BCUT2D eigenvalue weighted by molar-refractivity contribution is -0.00241. The van der Waals surface area contributed by atoms with E-state index >= 15 is 0 Å². The first-order chi connectivity index (χ1) is 5.83. The van der Waals surface area contributed by atoms with Gasteiger partial charge < -0.3 is 15.2 Å². The Hall–Kier alpha value is 0.170. The lowest BCUT2D eigenvalue weighted by atomic mass is 9.94. The monoisotopic (exact) mass is 209 g/mol. The minimum absolute atomic E-state index is 0. The Balaban J connectivity index is 0.00000144. The van der Waals surface area contributed by atoms with E-state index in [1.807, 2.05) is 0 Å². The van der Waals surface area contributed by atoms with Crippen LogP contribution in [0.3, 0.4) is 0 Å². The van der Waals surface area contributed by atoms with Crippen LogP contribution in [0.25, 0.3) is 0 Å². The zero-order chi connectivity index (χ0) is 8.81. The van der Waals surface area contributed by atoms with Gasteiger partial charge in [-0.2, -0.15) is 0 Å². The third-order valence-electron chi connectivity index (χ3n) is 2.36. The number of ether oxygens (including phenoxy) is 2. The SMILES string of the molecule is COCCO[C@H]1CC[C@H](N)CC1.Cl. The molecule has 0 radical (unpaired) electrons. The number of methoxy groups -OCH3 is 1. The number of nitrogens with two attached hydrogens (primary N) is 1. The van der Waals surface area contributed by atoms with Crippen molar-refractivity contribution in [2.45, 2.75) is 37.8 Å². The van der Waals surface area contributed by atoms with Crippen LogP contribution in [0.1, 0.15) is 25.7 Å². The van der Waals surface area contributed by atoms with E-state index in [1.165, 1.54) is 0 Å². The van der Waals surface area contributed by atoms with E-state index in [0.717, 1.165) is 32.3 Å². The molecule has 0 aromatic heterocycles. The summed E-state index contributed by atoms with van der Waals surface area (Å²) in [6, 6.07) is 0.410. The summed E-state index contributed by atoms with van der Waals surface area (Å²) in [5.41, 5.74) is 5.77. The second kappa shape index (κ2) is 7.56. The molecule has 0 amide bonds. The van der Waals surface area contributed by atoms with Crippen LogP contribution in [0.2, 0.25) is 0 Å². The standard InChI is InChI=1S/C9H19NO2.ClH/c1-11-6-7-12-9-4-2-8(10)3-5-9;/h8-9H,2-7,10H2,1H3;1H/t8-,9-;. The van der Waals surface area contributed by atoms with Crippen LogP contribution in [0.4, 0.5) is 0 Å². The van der Waals surface area contributed by atoms with Crippen molar-refractivity contribution in [2.75, 3.05) is 20.3 Å². The van der Waals surface area contributed by atoms with Crippen molar-refractivity contribution >= 4 is 12.4 Å². The van der Waals surface area contributed by atoms with E-state index in [4.69, 9.17) is 15.2 Å². The van der Waals surface area contributed by atoms with Gasteiger partial charge in [0.05, 0.1) is 19.3 Å². The molecule has 0 unspecified atom stereocenters. The fourth-order valence-corrected chi connectivity index (χ4v) is 1.55. The van der Waals surface area contributed by atoms with Crippen LogP contribution in [-0.4, -0.2) is 32.5 Å². The van der Waals surface area contributed by atoms with E-state index in [9.17, 15) is 0 Å². The predicted molar refractivity (Wildman–Crippen MR) is 55.3 cm³/mol. The Kier molecular flexibility index (Phi) is 7.66. The van der Waals surface area contributed by atoms with Gasteiger partial charge in [0.1, 0.15) is 0 Å². The van der Waals surface area contributed by atoms with Gasteiger partial charge in [0.15, 0.2) is 0 Å². The molecule has 2 N–H and O–H groups in total. The molecule has 0 bridgehead atoms. The Bertz CT molecular complexity index is 116. The lowest BCUT2D eigenvalue weighted by Gasteiger charge is -2.25. The van der Waals surface area contributed by atoms with Gasteiger partial charge >= 0.3 is 0 Å². The van der Waals surface area contributed by atoms with E-state index in [2.05, 4.69) is 0 Å². The predicted octanol–water partition coefficient (Wildman–Crippen LogP) is 1.34. The summed E-state index contributed by atoms with van der Waals surface area (Å²) < 4.78 is 10.5. The van der Waals surface area contributed by atoms with Crippen LogP contribution in [-0.2, 0) is 9.47 Å². The Labute approximate surface area is 86.4 Å². The first kappa shape index (κ1) is 13.2. The summed E-state index contributed by atoms with van der Waals surface area (Å²) in [5.74, 6) is 0. The largest absolute Gasteiger partial charge is 0.382 e. The molecular formula is C9H20ClNO2. The number of hydrogen-bond donors (Lipinski definition) is 1. The van der Waals surface area contributed by atoms with Crippen molar-refractivity contribution in [1.29, 1.82) is 0 Å². The molecule has 4 heteroatoms. The number of halogens is 1. The highest BCUT2D eigenvalue weighted by molar-refractivity contribution is 5.85. The van der Waals surface area contributed by atoms with Gasteiger partial charge in [-0.1, -0.05) is 0 Å². The minimum Gasteiger partial charge on any atom is -0.382 e. The van der Waals surface area contributed by atoms with Crippen molar-refractivity contribution in [2.24, 2.45) is 5.73 Å². The summed E-state index contributed by atoms with van der Waals surface area (Å²) in [7, 11) is 1.69. The van der Waals surface area contributed by atoms with Crippen molar-refractivity contribution in [1.82, 2.24) is 0 Å². The zero-order valence-corrected chi connectivity index (χ0v) is 9.02. The molecule has 0 aromatic rings. The van der Waals surface area contributed by atoms with Gasteiger partial charge in [-0.3, -0.25) is 0 Å². The van der Waals surface area contributed by atoms with Gasteiger partial charge in [-0.05, 0) is 25.7 Å². The number of hydrogen-bond acceptors (Lipinski definition) is 3.